The minimum Gasteiger partial charge on any atom is -0.321 e. The highest BCUT2D eigenvalue weighted by molar-refractivity contribution is 7.99. The molecule has 8 nitrogen and oxygen atoms in total. The quantitative estimate of drug-likeness (QED) is 0.547. The van der Waals surface area contributed by atoms with E-state index in [0.29, 0.717) is 17.1 Å². The summed E-state index contributed by atoms with van der Waals surface area (Å²) in [6.07, 6.45) is 1.66. The predicted octanol–water partition coefficient (Wildman–Crippen LogP) is 3.42. The topological polar surface area (TPSA) is 90.5 Å². The first-order valence-electron chi connectivity index (χ1n) is 8.94. The summed E-state index contributed by atoms with van der Waals surface area (Å²) in [4.78, 5) is 13.7. The normalized spacial score (nSPS) is 10.9. The Morgan fingerprint density at radius 2 is 1.86 bits per heavy atom. The molecule has 9 heteroatoms. The minimum atomic E-state index is -0.296. The molecule has 4 rings (SSSR count). The molecule has 0 aliphatic heterocycles. The lowest BCUT2D eigenvalue weighted by molar-refractivity contribution is 0.102. The van der Waals surface area contributed by atoms with Gasteiger partial charge in [0.25, 0.3) is 5.91 Å². The lowest BCUT2D eigenvalue weighted by atomic mass is 10.2. The number of carbonyl (C=O) groups excluding carboxylic acids is 1. The van der Waals surface area contributed by atoms with Crippen LogP contribution in [0.3, 0.4) is 0 Å². The van der Waals surface area contributed by atoms with Gasteiger partial charge in [0.05, 0.1) is 11.4 Å². The van der Waals surface area contributed by atoms with Crippen LogP contribution in [-0.2, 0) is 7.05 Å². The summed E-state index contributed by atoms with van der Waals surface area (Å²) in [7, 11) is 1.89. The number of benzene rings is 2. The van der Waals surface area contributed by atoms with Crippen LogP contribution in [0.15, 0.2) is 64.9 Å². The second-order valence-corrected chi connectivity index (χ2v) is 7.62. The molecule has 0 atom stereocenters. The van der Waals surface area contributed by atoms with Gasteiger partial charge in [-0.3, -0.25) is 4.79 Å². The van der Waals surface area contributed by atoms with E-state index >= 15 is 0 Å². The van der Waals surface area contributed by atoms with Crippen LogP contribution in [0.2, 0.25) is 0 Å². The largest absolute Gasteiger partial charge is 0.321 e. The molecule has 0 saturated heterocycles. The lowest BCUT2D eigenvalue weighted by Gasteiger charge is -2.06. The molecule has 0 spiro atoms. The second-order valence-electron chi connectivity index (χ2n) is 6.58. The van der Waals surface area contributed by atoms with E-state index in [-0.39, 0.29) is 5.91 Å². The van der Waals surface area contributed by atoms with Crippen molar-refractivity contribution in [1.29, 1.82) is 0 Å². The van der Waals surface area contributed by atoms with Gasteiger partial charge in [-0.2, -0.15) is 0 Å². The van der Waals surface area contributed by atoms with Crippen LogP contribution >= 0.6 is 11.8 Å². The summed E-state index contributed by atoms with van der Waals surface area (Å²) < 4.78 is 3.52. The van der Waals surface area contributed by atoms with Crippen molar-refractivity contribution in [2.75, 3.05) is 5.32 Å². The smallest absolute Gasteiger partial charge is 0.278 e. The van der Waals surface area contributed by atoms with Crippen LogP contribution in [0, 0.1) is 13.8 Å². The first-order chi connectivity index (χ1) is 14.0. The molecule has 0 saturated carbocycles. The van der Waals surface area contributed by atoms with Gasteiger partial charge in [-0.25, -0.2) is 4.68 Å². The highest BCUT2D eigenvalue weighted by Gasteiger charge is 2.17. The van der Waals surface area contributed by atoms with Gasteiger partial charge in [0.2, 0.25) is 0 Å². The fourth-order valence-electron chi connectivity index (χ4n) is 2.81. The predicted molar refractivity (Wildman–Crippen MR) is 110 cm³/mol. The van der Waals surface area contributed by atoms with Gasteiger partial charge in [0.1, 0.15) is 6.33 Å². The molecule has 0 aliphatic carbocycles. The van der Waals surface area contributed by atoms with Gasteiger partial charge < -0.3 is 9.88 Å². The van der Waals surface area contributed by atoms with Crippen molar-refractivity contribution in [2.45, 2.75) is 23.9 Å². The van der Waals surface area contributed by atoms with Crippen LogP contribution < -0.4 is 5.32 Å². The second kappa shape index (κ2) is 7.88. The van der Waals surface area contributed by atoms with Crippen molar-refractivity contribution < 1.29 is 4.79 Å². The molecule has 0 radical (unpaired) electrons. The van der Waals surface area contributed by atoms with E-state index in [9.17, 15) is 4.79 Å². The Kier molecular flexibility index (Phi) is 5.13. The van der Waals surface area contributed by atoms with Gasteiger partial charge in [0, 0.05) is 17.6 Å². The standard InChI is InChI=1S/C20H19N7OS/c1-13-5-4-6-16(11-13)27-14(2)18(23-25-27)19(28)22-15-7-9-17(10-8-15)29-20-24-21-12-26(20)3/h4-12H,1-3H3,(H,22,28). The number of hydrogen-bond acceptors (Lipinski definition) is 6. The van der Waals surface area contributed by atoms with E-state index in [1.54, 1.807) is 11.0 Å². The molecule has 0 aliphatic rings. The third kappa shape index (κ3) is 4.04. The molecule has 0 bridgehead atoms. The number of nitrogens with zero attached hydrogens (tertiary/aromatic N) is 6. The maximum absolute atomic E-state index is 12.7. The molecule has 1 amide bonds. The summed E-state index contributed by atoms with van der Waals surface area (Å²) in [5.74, 6) is -0.296. The van der Waals surface area contributed by atoms with Crippen molar-refractivity contribution in [3.05, 3.63) is 71.8 Å². The van der Waals surface area contributed by atoms with Gasteiger partial charge in [-0.1, -0.05) is 17.3 Å². The highest BCUT2D eigenvalue weighted by Crippen LogP contribution is 2.26. The molecule has 2 heterocycles. The molecule has 4 aromatic rings. The van der Waals surface area contributed by atoms with E-state index in [1.165, 1.54) is 11.8 Å². The monoisotopic (exact) mass is 405 g/mol. The summed E-state index contributed by atoms with van der Waals surface area (Å²) in [5.41, 5.74) is 3.65. The maximum atomic E-state index is 12.7. The molecular formula is C20H19N7OS. The number of aromatic nitrogens is 6. The number of amides is 1. The number of hydrogen-bond donors (Lipinski definition) is 1. The third-order valence-electron chi connectivity index (χ3n) is 4.35. The number of rotatable bonds is 5. The zero-order valence-electron chi connectivity index (χ0n) is 16.2. The maximum Gasteiger partial charge on any atom is 0.278 e. The lowest BCUT2D eigenvalue weighted by Crippen LogP contribution is -2.14. The number of anilines is 1. The summed E-state index contributed by atoms with van der Waals surface area (Å²) in [6, 6.07) is 15.4. The molecule has 29 heavy (non-hydrogen) atoms. The van der Waals surface area contributed by atoms with E-state index < -0.39 is 0 Å². The average molecular weight is 405 g/mol. The number of aryl methyl sites for hydroxylation is 2. The first-order valence-corrected chi connectivity index (χ1v) is 9.75. The van der Waals surface area contributed by atoms with Crippen LogP contribution in [-0.4, -0.2) is 35.7 Å². The third-order valence-corrected chi connectivity index (χ3v) is 5.41. The van der Waals surface area contributed by atoms with Gasteiger partial charge in [0.15, 0.2) is 10.9 Å². The number of carbonyl (C=O) groups is 1. The Balaban J connectivity index is 1.48. The van der Waals surface area contributed by atoms with Gasteiger partial charge >= 0.3 is 0 Å². The summed E-state index contributed by atoms with van der Waals surface area (Å²) in [5, 5.41) is 19.8. The number of nitrogens with one attached hydrogen (secondary N) is 1. The fraction of sp³-hybridized carbons (Fsp3) is 0.150. The van der Waals surface area contributed by atoms with Gasteiger partial charge in [-0.05, 0) is 67.6 Å². The molecule has 0 unspecified atom stereocenters. The molecule has 2 aromatic heterocycles. The van der Waals surface area contributed by atoms with Crippen molar-refractivity contribution in [3.63, 3.8) is 0 Å². The van der Waals surface area contributed by atoms with Gasteiger partial charge in [-0.15, -0.1) is 15.3 Å². The van der Waals surface area contributed by atoms with Crippen LogP contribution in [0.25, 0.3) is 5.69 Å². The Hall–Kier alpha value is -3.46. The zero-order valence-corrected chi connectivity index (χ0v) is 17.0. The van der Waals surface area contributed by atoms with E-state index in [2.05, 4.69) is 25.8 Å². The van der Waals surface area contributed by atoms with Crippen molar-refractivity contribution in [2.24, 2.45) is 7.05 Å². The molecule has 2 aromatic carbocycles. The van der Waals surface area contributed by atoms with Crippen LogP contribution in [0.4, 0.5) is 5.69 Å². The molecule has 1 N–H and O–H groups in total. The Labute approximate surface area is 172 Å². The summed E-state index contributed by atoms with van der Waals surface area (Å²) in [6.45, 7) is 3.84. The highest BCUT2D eigenvalue weighted by atomic mass is 32.2. The van der Waals surface area contributed by atoms with E-state index in [4.69, 9.17) is 0 Å². The van der Waals surface area contributed by atoms with Crippen molar-refractivity contribution >= 4 is 23.4 Å². The fourth-order valence-corrected chi connectivity index (χ4v) is 3.57. The Bertz CT molecular complexity index is 1160. The van der Waals surface area contributed by atoms with Crippen LogP contribution in [0.5, 0.6) is 0 Å². The van der Waals surface area contributed by atoms with E-state index in [0.717, 1.165) is 21.3 Å². The molecule has 0 fully saturated rings. The first kappa shape index (κ1) is 18.9. The van der Waals surface area contributed by atoms with E-state index in [1.807, 2.05) is 74.0 Å². The molecular weight excluding hydrogens is 386 g/mol. The average Bonchev–Trinajstić information content (AvgIpc) is 3.29. The van der Waals surface area contributed by atoms with Crippen LogP contribution in [0.1, 0.15) is 21.7 Å². The Morgan fingerprint density at radius 1 is 1.07 bits per heavy atom. The van der Waals surface area contributed by atoms with Crippen molar-refractivity contribution in [1.82, 2.24) is 29.8 Å². The SMILES string of the molecule is Cc1cccc(-n2nnc(C(=O)Nc3ccc(Sc4nncn4C)cc3)c2C)c1. The minimum absolute atomic E-state index is 0.295. The van der Waals surface area contributed by atoms with Crippen molar-refractivity contribution in [3.8, 4) is 5.69 Å². The Morgan fingerprint density at radius 3 is 2.55 bits per heavy atom. The summed E-state index contributed by atoms with van der Waals surface area (Å²) >= 11 is 1.50. The molecule has 146 valence electrons. The zero-order chi connectivity index (χ0) is 20.4.